The van der Waals surface area contributed by atoms with E-state index in [0.29, 0.717) is 17.9 Å². The Morgan fingerprint density at radius 3 is 2.53 bits per heavy atom. The molecule has 3 N–H and O–H groups in total. The van der Waals surface area contributed by atoms with E-state index in [-0.39, 0.29) is 5.97 Å². The standard InChI is InChI=1S/C15H16N2O2/c1-2-19-15(18)11-6-8-13(9-7-11)17-14-5-3-4-12(16)10-14/h3-10,17H,2,16H2,1H3. The van der Waals surface area contributed by atoms with E-state index in [1.807, 2.05) is 36.4 Å². The zero-order valence-corrected chi connectivity index (χ0v) is 10.7. The minimum absolute atomic E-state index is 0.307. The lowest BCUT2D eigenvalue weighted by Gasteiger charge is -2.08. The average molecular weight is 256 g/mol. The molecular weight excluding hydrogens is 240 g/mol. The zero-order chi connectivity index (χ0) is 13.7. The maximum atomic E-state index is 11.5. The highest BCUT2D eigenvalue weighted by Crippen LogP contribution is 2.19. The SMILES string of the molecule is CCOC(=O)c1ccc(Nc2cccc(N)c2)cc1. The summed E-state index contributed by atoms with van der Waals surface area (Å²) in [5.41, 5.74) is 8.75. The van der Waals surface area contributed by atoms with Crippen LogP contribution >= 0.6 is 0 Å². The van der Waals surface area contributed by atoms with Gasteiger partial charge in [0, 0.05) is 17.1 Å². The highest BCUT2D eigenvalue weighted by atomic mass is 16.5. The van der Waals surface area contributed by atoms with Crippen LogP contribution in [0.2, 0.25) is 0 Å². The van der Waals surface area contributed by atoms with Gasteiger partial charge < -0.3 is 15.8 Å². The van der Waals surface area contributed by atoms with Crippen molar-refractivity contribution in [3.05, 3.63) is 54.1 Å². The Kier molecular flexibility index (Phi) is 4.03. The van der Waals surface area contributed by atoms with Crippen LogP contribution in [0.1, 0.15) is 17.3 Å². The third-order valence-electron chi connectivity index (χ3n) is 2.57. The van der Waals surface area contributed by atoms with Gasteiger partial charge in [0.2, 0.25) is 0 Å². The second-order valence-electron chi connectivity index (χ2n) is 4.05. The minimum atomic E-state index is -0.307. The van der Waals surface area contributed by atoms with E-state index in [1.165, 1.54) is 0 Å². The van der Waals surface area contributed by atoms with E-state index in [1.54, 1.807) is 19.1 Å². The Balaban J connectivity index is 2.08. The van der Waals surface area contributed by atoms with Crippen molar-refractivity contribution >= 4 is 23.0 Å². The van der Waals surface area contributed by atoms with E-state index in [0.717, 1.165) is 11.4 Å². The summed E-state index contributed by atoms with van der Waals surface area (Å²) in [5.74, 6) is -0.307. The highest BCUT2D eigenvalue weighted by Gasteiger charge is 2.05. The van der Waals surface area contributed by atoms with Crippen LogP contribution in [0.25, 0.3) is 0 Å². The number of nitrogens with one attached hydrogen (secondary N) is 1. The molecule has 0 aliphatic rings. The van der Waals surface area contributed by atoms with E-state index < -0.39 is 0 Å². The summed E-state index contributed by atoms with van der Waals surface area (Å²) in [7, 11) is 0. The van der Waals surface area contributed by atoms with E-state index in [2.05, 4.69) is 5.32 Å². The molecule has 2 rings (SSSR count). The summed E-state index contributed by atoms with van der Waals surface area (Å²) in [6.07, 6.45) is 0. The fourth-order valence-electron chi connectivity index (χ4n) is 1.69. The van der Waals surface area contributed by atoms with E-state index in [4.69, 9.17) is 10.5 Å². The van der Waals surface area contributed by atoms with Crippen LogP contribution in [0, 0.1) is 0 Å². The number of nitrogen functional groups attached to an aromatic ring is 1. The van der Waals surface area contributed by atoms with Gasteiger partial charge in [-0.1, -0.05) is 6.07 Å². The number of hydrogen-bond donors (Lipinski definition) is 2. The quantitative estimate of drug-likeness (QED) is 0.651. The Hall–Kier alpha value is -2.49. The molecule has 0 saturated carbocycles. The van der Waals surface area contributed by atoms with Gasteiger partial charge in [-0.2, -0.15) is 0 Å². The first kappa shape index (κ1) is 13.0. The summed E-state index contributed by atoms with van der Waals surface area (Å²) >= 11 is 0. The van der Waals surface area contributed by atoms with Crippen molar-refractivity contribution in [1.82, 2.24) is 0 Å². The second-order valence-corrected chi connectivity index (χ2v) is 4.05. The van der Waals surface area contributed by atoms with Crippen LogP contribution in [-0.2, 0) is 4.74 Å². The third-order valence-corrected chi connectivity index (χ3v) is 2.57. The molecule has 0 radical (unpaired) electrons. The summed E-state index contributed by atoms with van der Waals surface area (Å²) < 4.78 is 4.93. The number of nitrogens with two attached hydrogens (primary N) is 1. The summed E-state index contributed by atoms with van der Waals surface area (Å²) in [6.45, 7) is 2.16. The molecule has 0 fully saturated rings. The number of benzene rings is 2. The van der Waals surface area contributed by atoms with Crippen molar-refractivity contribution in [1.29, 1.82) is 0 Å². The number of carbonyl (C=O) groups is 1. The normalized spacial score (nSPS) is 9.95. The Labute approximate surface area is 112 Å². The molecule has 2 aromatic rings. The van der Waals surface area contributed by atoms with Crippen LogP contribution in [0.3, 0.4) is 0 Å². The first-order valence-electron chi connectivity index (χ1n) is 6.09. The second kappa shape index (κ2) is 5.91. The first-order chi connectivity index (χ1) is 9.19. The monoisotopic (exact) mass is 256 g/mol. The van der Waals surface area contributed by atoms with Crippen LogP contribution < -0.4 is 11.1 Å². The number of hydrogen-bond acceptors (Lipinski definition) is 4. The summed E-state index contributed by atoms with van der Waals surface area (Å²) in [4.78, 5) is 11.5. The molecular formula is C15H16N2O2. The third kappa shape index (κ3) is 3.48. The maximum absolute atomic E-state index is 11.5. The predicted octanol–water partition coefficient (Wildman–Crippen LogP) is 3.19. The van der Waals surface area contributed by atoms with Gasteiger partial charge in [-0.3, -0.25) is 0 Å². The molecule has 0 spiro atoms. The fraction of sp³-hybridized carbons (Fsp3) is 0.133. The summed E-state index contributed by atoms with van der Waals surface area (Å²) in [5, 5.41) is 3.21. The fourth-order valence-corrected chi connectivity index (χ4v) is 1.69. The van der Waals surface area contributed by atoms with E-state index in [9.17, 15) is 4.79 Å². The zero-order valence-electron chi connectivity index (χ0n) is 10.7. The molecule has 0 aliphatic carbocycles. The molecule has 0 saturated heterocycles. The molecule has 0 amide bonds. The molecule has 0 atom stereocenters. The maximum Gasteiger partial charge on any atom is 0.338 e. The Morgan fingerprint density at radius 2 is 1.89 bits per heavy atom. The number of carbonyl (C=O) groups excluding carboxylic acids is 1. The highest BCUT2D eigenvalue weighted by molar-refractivity contribution is 5.89. The summed E-state index contributed by atoms with van der Waals surface area (Å²) in [6, 6.07) is 14.6. The van der Waals surface area contributed by atoms with Gasteiger partial charge in [0.15, 0.2) is 0 Å². The lowest BCUT2D eigenvalue weighted by atomic mass is 10.2. The van der Waals surface area contributed by atoms with Gasteiger partial charge in [-0.05, 0) is 49.4 Å². The van der Waals surface area contributed by atoms with Gasteiger partial charge in [0.05, 0.1) is 12.2 Å². The van der Waals surface area contributed by atoms with Gasteiger partial charge in [-0.15, -0.1) is 0 Å². The van der Waals surface area contributed by atoms with Crippen molar-refractivity contribution in [2.45, 2.75) is 6.92 Å². The predicted molar refractivity (Wildman–Crippen MR) is 76.5 cm³/mol. The van der Waals surface area contributed by atoms with Crippen molar-refractivity contribution in [2.24, 2.45) is 0 Å². The van der Waals surface area contributed by atoms with Crippen molar-refractivity contribution in [3.63, 3.8) is 0 Å². The van der Waals surface area contributed by atoms with Gasteiger partial charge in [0.1, 0.15) is 0 Å². The topological polar surface area (TPSA) is 64.3 Å². The number of rotatable bonds is 4. The molecule has 0 heterocycles. The molecule has 0 unspecified atom stereocenters. The molecule has 19 heavy (non-hydrogen) atoms. The van der Waals surface area contributed by atoms with Crippen molar-refractivity contribution in [2.75, 3.05) is 17.7 Å². The molecule has 0 bridgehead atoms. The van der Waals surface area contributed by atoms with Gasteiger partial charge >= 0.3 is 5.97 Å². The Bertz CT molecular complexity index is 565. The van der Waals surface area contributed by atoms with Crippen molar-refractivity contribution in [3.8, 4) is 0 Å². The number of anilines is 3. The van der Waals surface area contributed by atoms with Crippen LogP contribution in [0.4, 0.5) is 17.1 Å². The van der Waals surface area contributed by atoms with Gasteiger partial charge in [-0.25, -0.2) is 4.79 Å². The molecule has 98 valence electrons. The lowest BCUT2D eigenvalue weighted by molar-refractivity contribution is 0.0526. The smallest absolute Gasteiger partial charge is 0.338 e. The molecule has 4 heteroatoms. The molecule has 0 aliphatic heterocycles. The first-order valence-corrected chi connectivity index (χ1v) is 6.09. The number of esters is 1. The molecule has 4 nitrogen and oxygen atoms in total. The average Bonchev–Trinajstić information content (AvgIpc) is 2.40. The van der Waals surface area contributed by atoms with Crippen LogP contribution in [0.5, 0.6) is 0 Å². The van der Waals surface area contributed by atoms with Gasteiger partial charge in [0.25, 0.3) is 0 Å². The van der Waals surface area contributed by atoms with Crippen LogP contribution in [-0.4, -0.2) is 12.6 Å². The van der Waals surface area contributed by atoms with Crippen LogP contribution in [0.15, 0.2) is 48.5 Å². The minimum Gasteiger partial charge on any atom is -0.462 e. The molecule has 2 aromatic carbocycles. The molecule has 0 aromatic heterocycles. The largest absolute Gasteiger partial charge is 0.462 e. The Morgan fingerprint density at radius 1 is 1.16 bits per heavy atom. The lowest BCUT2D eigenvalue weighted by Crippen LogP contribution is -2.04. The van der Waals surface area contributed by atoms with Crippen molar-refractivity contribution < 1.29 is 9.53 Å². The van der Waals surface area contributed by atoms with E-state index >= 15 is 0 Å². The number of ether oxygens (including phenoxy) is 1.